The van der Waals surface area contributed by atoms with E-state index < -0.39 is 0 Å². The van der Waals surface area contributed by atoms with Gasteiger partial charge in [0, 0.05) is 11.5 Å². The summed E-state index contributed by atoms with van der Waals surface area (Å²) in [6, 6.07) is 10.9. The average Bonchev–Trinajstić information content (AvgIpc) is 3.57. The van der Waals surface area contributed by atoms with Crippen LogP contribution in [0.25, 0.3) is 12.2 Å². The first-order valence-electron chi connectivity index (χ1n) is 9.91. The molecule has 3 heterocycles. The van der Waals surface area contributed by atoms with Gasteiger partial charge in [0.1, 0.15) is 0 Å². The maximum absolute atomic E-state index is 13.0. The molecule has 32 heavy (non-hydrogen) atoms. The van der Waals surface area contributed by atoms with Gasteiger partial charge in [0.25, 0.3) is 0 Å². The fraction of sp³-hybridized carbons (Fsp3) is 0.167. The number of ketones is 2. The first-order valence-corrected chi connectivity index (χ1v) is 11.9. The Hall–Kier alpha value is -3.10. The number of hydrogen-bond acceptors (Lipinski definition) is 8. The van der Waals surface area contributed by atoms with E-state index in [1.54, 1.807) is 59.9 Å². The molecular weight excluding hydrogens is 448 g/mol. The molecule has 0 bridgehead atoms. The Labute approximate surface area is 193 Å². The number of carbonyl (C=O) groups is 2. The first-order chi connectivity index (χ1) is 15.7. The summed E-state index contributed by atoms with van der Waals surface area (Å²) in [7, 11) is 0. The van der Waals surface area contributed by atoms with Crippen LogP contribution in [0.3, 0.4) is 0 Å². The second kappa shape index (κ2) is 9.18. The lowest BCUT2D eigenvalue weighted by molar-refractivity contribution is -0.116. The fourth-order valence-electron chi connectivity index (χ4n) is 3.32. The zero-order chi connectivity index (χ0) is 21.9. The lowest BCUT2D eigenvalue weighted by Crippen LogP contribution is -2.10. The lowest BCUT2D eigenvalue weighted by atomic mass is 10.1. The molecule has 3 aliphatic rings. The number of hydrogen-bond donors (Lipinski definition) is 0. The zero-order valence-corrected chi connectivity index (χ0v) is 18.5. The van der Waals surface area contributed by atoms with Crippen LogP contribution in [0.2, 0.25) is 0 Å². The highest BCUT2D eigenvalue weighted by molar-refractivity contribution is 8.25. The first kappa shape index (κ1) is 20.8. The molecule has 0 aliphatic carbocycles. The molecule has 0 aromatic heterocycles. The highest BCUT2D eigenvalue weighted by atomic mass is 32.2. The minimum absolute atomic E-state index is 0.191. The maximum atomic E-state index is 13.0. The van der Waals surface area contributed by atoms with Crippen molar-refractivity contribution in [2.24, 2.45) is 0 Å². The van der Waals surface area contributed by atoms with E-state index in [9.17, 15) is 9.59 Å². The summed E-state index contributed by atoms with van der Waals surface area (Å²) in [6.45, 7) is 0.382. The third kappa shape index (κ3) is 4.42. The van der Waals surface area contributed by atoms with E-state index in [1.807, 2.05) is 12.1 Å². The van der Waals surface area contributed by atoms with Crippen LogP contribution in [0.4, 0.5) is 0 Å². The maximum Gasteiger partial charge on any atom is 0.231 e. The van der Waals surface area contributed by atoms with Gasteiger partial charge in [-0.15, -0.1) is 23.5 Å². The van der Waals surface area contributed by atoms with Crippen LogP contribution >= 0.6 is 23.5 Å². The molecule has 2 aromatic carbocycles. The Morgan fingerprint density at radius 3 is 1.66 bits per heavy atom. The van der Waals surface area contributed by atoms with Gasteiger partial charge in [-0.1, -0.05) is 24.3 Å². The third-order valence-electron chi connectivity index (χ3n) is 4.89. The van der Waals surface area contributed by atoms with E-state index in [0.29, 0.717) is 23.0 Å². The molecule has 0 atom stereocenters. The molecule has 0 amide bonds. The summed E-state index contributed by atoms with van der Waals surface area (Å²) in [5.74, 6) is 3.76. The summed E-state index contributed by atoms with van der Waals surface area (Å²) in [6.07, 6.45) is 6.24. The van der Waals surface area contributed by atoms with Crippen LogP contribution in [0, 0.1) is 0 Å². The Bertz CT molecular complexity index is 1090. The molecule has 0 unspecified atom stereocenters. The van der Waals surface area contributed by atoms with Crippen LogP contribution in [-0.2, 0) is 9.59 Å². The SMILES string of the molecule is O=C(/C=C/c1ccc2c(c1)OCO2)C(C(=O)/C=C/c1ccc2c(c1)OCO2)=C1SCCS1. The quantitative estimate of drug-likeness (QED) is 0.345. The van der Waals surface area contributed by atoms with Crippen molar-refractivity contribution < 1.29 is 28.5 Å². The molecule has 3 aliphatic heterocycles. The highest BCUT2D eigenvalue weighted by Crippen LogP contribution is 2.40. The Kier molecular flexibility index (Phi) is 5.96. The molecule has 1 saturated heterocycles. The standard InChI is InChI=1S/C24H18O6S2/c25-17(5-1-15-3-7-19-21(11-15)29-13-27-19)23(24-31-9-10-32-24)18(26)6-2-16-4-8-20-22(12-16)30-14-28-20/h1-8,11-12H,9-10,13-14H2/b5-1+,6-2+. The second-order valence-corrected chi connectivity index (χ2v) is 9.45. The normalized spacial score (nSPS) is 16.3. The average molecular weight is 467 g/mol. The van der Waals surface area contributed by atoms with Gasteiger partial charge >= 0.3 is 0 Å². The van der Waals surface area contributed by atoms with Gasteiger partial charge in [0.05, 0.1) is 9.81 Å². The molecule has 8 heteroatoms. The second-order valence-electron chi connectivity index (χ2n) is 6.98. The number of fused-ring (bicyclic) bond motifs is 2. The van der Waals surface area contributed by atoms with Gasteiger partial charge in [0.2, 0.25) is 13.6 Å². The van der Waals surface area contributed by atoms with E-state index in [-0.39, 0.29) is 30.7 Å². The predicted octanol–water partition coefficient (Wildman–Crippen LogP) is 4.70. The number of carbonyl (C=O) groups excluding carboxylic acids is 2. The zero-order valence-electron chi connectivity index (χ0n) is 16.9. The van der Waals surface area contributed by atoms with Crippen molar-refractivity contribution in [3.63, 3.8) is 0 Å². The van der Waals surface area contributed by atoms with Gasteiger partial charge in [-0.2, -0.15) is 0 Å². The lowest BCUT2D eigenvalue weighted by Gasteiger charge is -2.04. The summed E-state index contributed by atoms with van der Waals surface area (Å²) < 4.78 is 22.1. The number of rotatable bonds is 6. The van der Waals surface area contributed by atoms with Gasteiger partial charge in [-0.3, -0.25) is 9.59 Å². The number of ether oxygens (including phenoxy) is 4. The molecule has 0 N–H and O–H groups in total. The van der Waals surface area contributed by atoms with Crippen molar-refractivity contribution in [3.8, 4) is 23.0 Å². The minimum atomic E-state index is -0.320. The van der Waals surface area contributed by atoms with E-state index in [1.165, 1.54) is 12.2 Å². The summed E-state index contributed by atoms with van der Waals surface area (Å²) in [4.78, 5) is 26.0. The van der Waals surface area contributed by atoms with Crippen molar-refractivity contribution in [2.45, 2.75) is 0 Å². The van der Waals surface area contributed by atoms with Crippen molar-refractivity contribution in [1.82, 2.24) is 0 Å². The van der Waals surface area contributed by atoms with E-state index in [0.717, 1.165) is 26.9 Å². The summed E-state index contributed by atoms with van der Waals surface area (Å²) >= 11 is 3.09. The molecule has 6 nitrogen and oxygen atoms in total. The smallest absolute Gasteiger partial charge is 0.231 e. The molecule has 2 aromatic rings. The number of allylic oxidation sites excluding steroid dienone is 3. The molecular formula is C24H18O6S2. The van der Waals surface area contributed by atoms with Crippen LogP contribution in [0.1, 0.15) is 11.1 Å². The number of thioether (sulfide) groups is 2. The van der Waals surface area contributed by atoms with E-state index >= 15 is 0 Å². The molecule has 5 rings (SSSR count). The van der Waals surface area contributed by atoms with Crippen LogP contribution in [0.5, 0.6) is 23.0 Å². The van der Waals surface area contributed by atoms with E-state index in [4.69, 9.17) is 18.9 Å². The van der Waals surface area contributed by atoms with Crippen molar-refractivity contribution in [3.05, 3.63) is 69.5 Å². The molecule has 0 radical (unpaired) electrons. The summed E-state index contributed by atoms with van der Waals surface area (Å²) in [5, 5.41) is 0. The third-order valence-corrected chi connectivity index (χ3v) is 7.61. The predicted molar refractivity (Wildman–Crippen MR) is 125 cm³/mol. The van der Waals surface area contributed by atoms with Crippen LogP contribution < -0.4 is 18.9 Å². The largest absolute Gasteiger partial charge is 0.454 e. The number of benzene rings is 2. The van der Waals surface area contributed by atoms with Gasteiger partial charge in [0.15, 0.2) is 34.6 Å². The van der Waals surface area contributed by atoms with Crippen molar-refractivity contribution in [2.75, 3.05) is 25.1 Å². The molecule has 0 spiro atoms. The van der Waals surface area contributed by atoms with Gasteiger partial charge in [-0.25, -0.2) is 0 Å². The van der Waals surface area contributed by atoms with Gasteiger partial charge in [-0.05, 0) is 47.5 Å². The molecule has 0 saturated carbocycles. The monoisotopic (exact) mass is 466 g/mol. The molecule has 162 valence electrons. The van der Waals surface area contributed by atoms with E-state index in [2.05, 4.69) is 0 Å². The minimum Gasteiger partial charge on any atom is -0.454 e. The Balaban J connectivity index is 1.36. The fourth-order valence-corrected chi connectivity index (χ4v) is 5.88. The van der Waals surface area contributed by atoms with Crippen molar-refractivity contribution >= 4 is 47.2 Å². The van der Waals surface area contributed by atoms with Crippen LogP contribution in [-0.4, -0.2) is 36.7 Å². The van der Waals surface area contributed by atoms with Crippen LogP contribution in [0.15, 0.2) is 58.4 Å². The highest BCUT2D eigenvalue weighted by Gasteiger charge is 2.23. The van der Waals surface area contributed by atoms with Gasteiger partial charge < -0.3 is 18.9 Å². The Morgan fingerprint density at radius 2 is 1.16 bits per heavy atom. The Morgan fingerprint density at radius 1 is 0.688 bits per heavy atom. The molecule has 1 fully saturated rings. The topological polar surface area (TPSA) is 71.1 Å². The summed E-state index contributed by atoms with van der Waals surface area (Å²) in [5.41, 5.74) is 1.79. The van der Waals surface area contributed by atoms with Crippen molar-refractivity contribution in [1.29, 1.82) is 0 Å².